The van der Waals surface area contributed by atoms with Crippen molar-refractivity contribution in [1.82, 2.24) is 4.90 Å². The van der Waals surface area contributed by atoms with Crippen LogP contribution in [0, 0.1) is 5.92 Å². The van der Waals surface area contributed by atoms with Gasteiger partial charge >= 0.3 is 0 Å². The summed E-state index contributed by atoms with van der Waals surface area (Å²) in [5.74, 6) is 0.588. The molecule has 0 atom stereocenters. The van der Waals surface area contributed by atoms with Crippen molar-refractivity contribution >= 4 is 5.71 Å². The Hall–Kier alpha value is -0.670. The first-order valence-electron chi connectivity index (χ1n) is 6.32. The van der Waals surface area contributed by atoms with E-state index in [0.29, 0.717) is 5.92 Å². The van der Waals surface area contributed by atoms with Crippen molar-refractivity contribution in [3.05, 3.63) is 11.3 Å². The van der Waals surface area contributed by atoms with E-state index in [2.05, 4.69) is 18.7 Å². The third-order valence-electron chi connectivity index (χ3n) is 3.53. The van der Waals surface area contributed by atoms with Crippen LogP contribution in [-0.4, -0.2) is 42.0 Å². The fourth-order valence-electron chi connectivity index (χ4n) is 2.50. The number of rotatable bonds is 3. The Labute approximate surface area is 97.9 Å². The van der Waals surface area contributed by atoms with Crippen LogP contribution in [-0.2, 0) is 0 Å². The Bertz CT molecular complexity index is 318. The third kappa shape index (κ3) is 2.53. The van der Waals surface area contributed by atoms with E-state index in [0.717, 1.165) is 32.5 Å². The molecule has 0 amide bonds. The highest BCUT2D eigenvalue weighted by Crippen LogP contribution is 2.28. The Morgan fingerprint density at radius 3 is 2.81 bits per heavy atom. The van der Waals surface area contributed by atoms with Gasteiger partial charge in [0, 0.05) is 37.5 Å². The van der Waals surface area contributed by atoms with Crippen LogP contribution in [0.1, 0.15) is 33.1 Å². The van der Waals surface area contributed by atoms with Crippen LogP contribution in [0.3, 0.4) is 0 Å². The van der Waals surface area contributed by atoms with E-state index < -0.39 is 0 Å². The Morgan fingerprint density at radius 2 is 2.12 bits per heavy atom. The number of hydrogen-bond acceptors (Lipinski definition) is 3. The molecular formula is C13H22N2O. The molecule has 0 saturated heterocycles. The van der Waals surface area contributed by atoms with E-state index in [1.165, 1.54) is 23.4 Å². The molecule has 0 unspecified atom stereocenters. The molecule has 2 heterocycles. The van der Waals surface area contributed by atoms with Crippen molar-refractivity contribution in [1.29, 1.82) is 0 Å². The van der Waals surface area contributed by atoms with Gasteiger partial charge in [-0.3, -0.25) is 9.89 Å². The van der Waals surface area contributed by atoms with Gasteiger partial charge < -0.3 is 5.11 Å². The molecule has 0 radical (unpaired) electrons. The minimum absolute atomic E-state index is 0.267. The van der Waals surface area contributed by atoms with E-state index in [4.69, 9.17) is 10.1 Å². The Balaban J connectivity index is 2.07. The molecule has 0 fully saturated rings. The molecule has 0 saturated carbocycles. The van der Waals surface area contributed by atoms with Gasteiger partial charge in [-0.25, -0.2) is 0 Å². The molecule has 0 aromatic heterocycles. The SMILES string of the molecule is CC(C)C1=NC2=C(CC1)CN(CCO)CC2. The van der Waals surface area contributed by atoms with Gasteiger partial charge in [-0.05, 0) is 24.3 Å². The van der Waals surface area contributed by atoms with Crippen molar-refractivity contribution in [2.75, 3.05) is 26.2 Å². The van der Waals surface area contributed by atoms with Gasteiger partial charge in [0.25, 0.3) is 0 Å². The number of β-amino-alcohol motifs (C(OH)–C–C–N with tert-alkyl or cyclic N) is 1. The summed E-state index contributed by atoms with van der Waals surface area (Å²) in [6.45, 7) is 7.59. The van der Waals surface area contributed by atoms with E-state index in [9.17, 15) is 0 Å². The molecule has 2 aliphatic rings. The summed E-state index contributed by atoms with van der Waals surface area (Å²) >= 11 is 0. The van der Waals surface area contributed by atoms with Crippen molar-refractivity contribution < 1.29 is 5.11 Å². The molecule has 0 aromatic carbocycles. The quantitative estimate of drug-likeness (QED) is 0.790. The van der Waals surface area contributed by atoms with Gasteiger partial charge in [0.05, 0.1) is 6.61 Å². The topological polar surface area (TPSA) is 35.8 Å². The molecule has 0 bridgehead atoms. The van der Waals surface area contributed by atoms with E-state index in [1.807, 2.05) is 0 Å². The lowest BCUT2D eigenvalue weighted by Crippen LogP contribution is -2.35. The van der Waals surface area contributed by atoms with E-state index in [1.54, 1.807) is 0 Å². The maximum atomic E-state index is 8.94. The lowest BCUT2D eigenvalue weighted by atomic mass is 9.93. The normalized spacial score (nSPS) is 22.4. The van der Waals surface area contributed by atoms with Crippen LogP contribution in [0.25, 0.3) is 0 Å². The molecule has 16 heavy (non-hydrogen) atoms. The first-order chi connectivity index (χ1) is 7.70. The molecule has 0 aromatic rings. The molecule has 2 aliphatic heterocycles. The summed E-state index contributed by atoms with van der Waals surface area (Å²) in [6, 6.07) is 0. The molecule has 3 nitrogen and oxygen atoms in total. The average molecular weight is 222 g/mol. The van der Waals surface area contributed by atoms with Gasteiger partial charge in [-0.15, -0.1) is 0 Å². The van der Waals surface area contributed by atoms with Crippen molar-refractivity contribution in [3.8, 4) is 0 Å². The molecule has 2 rings (SSSR count). The largest absolute Gasteiger partial charge is 0.395 e. The lowest BCUT2D eigenvalue weighted by Gasteiger charge is -2.32. The molecule has 1 N–H and O–H groups in total. The van der Waals surface area contributed by atoms with E-state index in [-0.39, 0.29) is 6.61 Å². The Morgan fingerprint density at radius 1 is 1.31 bits per heavy atom. The Kier molecular flexibility index (Phi) is 3.77. The van der Waals surface area contributed by atoms with Gasteiger partial charge in [0.15, 0.2) is 0 Å². The molecule has 3 heteroatoms. The number of aliphatic imine (C=N–C) groups is 1. The zero-order valence-electron chi connectivity index (χ0n) is 10.4. The minimum atomic E-state index is 0.267. The van der Waals surface area contributed by atoms with Gasteiger partial charge in [-0.1, -0.05) is 13.8 Å². The number of aliphatic hydroxyl groups excluding tert-OH is 1. The maximum Gasteiger partial charge on any atom is 0.0558 e. The second-order valence-corrected chi connectivity index (χ2v) is 5.06. The molecule has 90 valence electrons. The van der Waals surface area contributed by atoms with Crippen LogP contribution < -0.4 is 0 Å². The van der Waals surface area contributed by atoms with Crippen molar-refractivity contribution in [2.24, 2.45) is 10.9 Å². The van der Waals surface area contributed by atoms with Crippen LogP contribution >= 0.6 is 0 Å². The molecule has 0 spiro atoms. The fraction of sp³-hybridized carbons (Fsp3) is 0.769. The van der Waals surface area contributed by atoms with Crippen LogP contribution in [0.4, 0.5) is 0 Å². The highest BCUT2D eigenvalue weighted by molar-refractivity contribution is 5.88. The summed E-state index contributed by atoms with van der Waals surface area (Å²) < 4.78 is 0. The minimum Gasteiger partial charge on any atom is -0.395 e. The zero-order chi connectivity index (χ0) is 11.5. The van der Waals surface area contributed by atoms with Crippen LogP contribution in [0.2, 0.25) is 0 Å². The molecular weight excluding hydrogens is 200 g/mol. The van der Waals surface area contributed by atoms with Gasteiger partial charge in [0.2, 0.25) is 0 Å². The third-order valence-corrected chi connectivity index (χ3v) is 3.53. The van der Waals surface area contributed by atoms with Gasteiger partial charge in [-0.2, -0.15) is 0 Å². The summed E-state index contributed by atoms with van der Waals surface area (Å²) in [5, 5.41) is 8.94. The van der Waals surface area contributed by atoms with Crippen LogP contribution in [0.5, 0.6) is 0 Å². The second kappa shape index (κ2) is 5.11. The lowest BCUT2D eigenvalue weighted by molar-refractivity contribution is 0.199. The van der Waals surface area contributed by atoms with Crippen molar-refractivity contribution in [3.63, 3.8) is 0 Å². The standard InChI is InChI=1S/C13H22N2O/c1-10(2)12-4-3-11-9-15(7-8-16)6-5-13(11)14-12/h10,16H,3-9H2,1-2H3. The number of nitrogens with zero attached hydrogens (tertiary/aromatic N) is 2. The summed E-state index contributed by atoms with van der Waals surface area (Å²) in [5.41, 5.74) is 4.21. The number of aliphatic hydroxyl groups is 1. The highest BCUT2D eigenvalue weighted by atomic mass is 16.3. The summed E-state index contributed by atoms with van der Waals surface area (Å²) in [4.78, 5) is 7.13. The first-order valence-corrected chi connectivity index (χ1v) is 6.32. The van der Waals surface area contributed by atoms with E-state index >= 15 is 0 Å². The maximum absolute atomic E-state index is 8.94. The monoisotopic (exact) mass is 222 g/mol. The molecule has 0 aliphatic carbocycles. The smallest absolute Gasteiger partial charge is 0.0558 e. The second-order valence-electron chi connectivity index (χ2n) is 5.06. The summed E-state index contributed by atoms with van der Waals surface area (Å²) in [7, 11) is 0. The average Bonchev–Trinajstić information content (AvgIpc) is 2.28. The summed E-state index contributed by atoms with van der Waals surface area (Å²) in [6.07, 6.45) is 3.36. The zero-order valence-corrected chi connectivity index (χ0v) is 10.4. The fourth-order valence-corrected chi connectivity index (χ4v) is 2.50. The van der Waals surface area contributed by atoms with Crippen LogP contribution in [0.15, 0.2) is 16.3 Å². The van der Waals surface area contributed by atoms with Crippen molar-refractivity contribution in [2.45, 2.75) is 33.1 Å². The predicted octanol–water partition coefficient (Wildman–Crippen LogP) is 1.83. The predicted molar refractivity (Wildman–Crippen MR) is 66.7 cm³/mol. The van der Waals surface area contributed by atoms with Gasteiger partial charge in [0.1, 0.15) is 0 Å². The number of hydrogen-bond donors (Lipinski definition) is 1. The first kappa shape index (κ1) is 11.8. The highest BCUT2D eigenvalue weighted by Gasteiger charge is 2.22.